The fourth-order valence-electron chi connectivity index (χ4n) is 2.10. The number of allylic oxidation sites excluding steroid dienone is 2. The van der Waals surface area contributed by atoms with Crippen LogP contribution in [0, 0.1) is 11.8 Å². The molecule has 1 aliphatic carbocycles. The third-order valence-electron chi connectivity index (χ3n) is 3.12. The van der Waals surface area contributed by atoms with Gasteiger partial charge in [-0.3, -0.25) is 0 Å². The van der Waals surface area contributed by atoms with Gasteiger partial charge in [0.05, 0.1) is 0 Å². The molecule has 64 valence electrons. The molecule has 0 nitrogen and oxygen atoms in total. The van der Waals surface area contributed by atoms with Gasteiger partial charge in [-0.25, -0.2) is 0 Å². The van der Waals surface area contributed by atoms with Crippen LogP contribution in [0.2, 0.25) is 0 Å². The van der Waals surface area contributed by atoms with Gasteiger partial charge < -0.3 is 0 Å². The van der Waals surface area contributed by atoms with Crippen molar-refractivity contribution >= 4 is 0 Å². The van der Waals surface area contributed by atoms with Crippen molar-refractivity contribution in [3.05, 3.63) is 11.6 Å². The summed E-state index contributed by atoms with van der Waals surface area (Å²) in [6.45, 7) is 6.76. The molecule has 0 heteroatoms. The minimum Gasteiger partial charge on any atom is -0.0882 e. The molecule has 1 fully saturated rings. The molecule has 0 unspecified atom stereocenters. The van der Waals surface area contributed by atoms with E-state index in [4.69, 9.17) is 0 Å². The summed E-state index contributed by atoms with van der Waals surface area (Å²) < 4.78 is 0. The summed E-state index contributed by atoms with van der Waals surface area (Å²) in [6.07, 6.45) is 7.89. The monoisotopic (exact) mass is 152 g/mol. The Labute approximate surface area is 70.7 Å². The molecule has 0 spiro atoms. The average Bonchev–Trinajstić information content (AvgIpc) is 1.95. The van der Waals surface area contributed by atoms with Crippen molar-refractivity contribution in [2.24, 2.45) is 11.8 Å². The molecule has 0 aliphatic heterocycles. The lowest BCUT2D eigenvalue weighted by Crippen LogP contribution is -2.24. The van der Waals surface area contributed by atoms with Gasteiger partial charge in [0.2, 0.25) is 0 Å². The van der Waals surface area contributed by atoms with Gasteiger partial charge in [0.1, 0.15) is 0 Å². The maximum atomic E-state index is 2.32. The second kappa shape index (κ2) is 3.94. The Kier molecular flexibility index (Phi) is 3.16. The summed E-state index contributed by atoms with van der Waals surface area (Å²) in [5.74, 6) is 2.00. The zero-order chi connectivity index (χ0) is 8.27. The molecular weight excluding hydrogens is 132 g/mol. The van der Waals surface area contributed by atoms with Gasteiger partial charge in [0, 0.05) is 0 Å². The standard InChI is InChI=1S/C11H20/c1-4-9-7-11(8-9)10(5-2)6-3/h5,9,11H,4,6-8H2,1-3H3. The van der Waals surface area contributed by atoms with Crippen LogP contribution in [0.15, 0.2) is 11.6 Å². The Bertz CT molecular complexity index is 138. The van der Waals surface area contributed by atoms with Gasteiger partial charge in [-0.1, -0.05) is 31.9 Å². The lowest BCUT2D eigenvalue weighted by Gasteiger charge is -2.36. The van der Waals surface area contributed by atoms with E-state index in [1.807, 2.05) is 0 Å². The highest BCUT2D eigenvalue weighted by Crippen LogP contribution is 2.41. The van der Waals surface area contributed by atoms with Crippen molar-refractivity contribution < 1.29 is 0 Å². The predicted molar refractivity (Wildman–Crippen MR) is 50.6 cm³/mol. The third-order valence-corrected chi connectivity index (χ3v) is 3.12. The van der Waals surface area contributed by atoms with Gasteiger partial charge in [-0.2, -0.15) is 0 Å². The molecule has 11 heavy (non-hydrogen) atoms. The molecule has 1 rings (SSSR count). The predicted octanol–water partition coefficient (Wildman–Crippen LogP) is 3.78. The van der Waals surface area contributed by atoms with Crippen molar-refractivity contribution in [3.63, 3.8) is 0 Å². The second-order valence-electron chi connectivity index (χ2n) is 3.66. The van der Waals surface area contributed by atoms with E-state index in [9.17, 15) is 0 Å². The lowest BCUT2D eigenvalue weighted by molar-refractivity contribution is 0.218. The van der Waals surface area contributed by atoms with Crippen LogP contribution in [0.4, 0.5) is 0 Å². The number of hydrogen-bond acceptors (Lipinski definition) is 0. The second-order valence-corrected chi connectivity index (χ2v) is 3.66. The summed E-state index contributed by atoms with van der Waals surface area (Å²) in [6, 6.07) is 0. The molecule has 0 radical (unpaired) electrons. The van der Waals surface area contributed by atoms with Gasteiger partial charge >= 0.3 is 0 Å². The van der Waals surface area contributed by atoms with Crippen LogP contribution < -0.4 is 0 Å². The van der Waals surface area contributed by atoms with E-state index >= 15 is 0 Å². The minimum absolute atomic E-state index is 0.954. The molecule has 0 amide bonds. The first-order valence-corrected chi connectivity index (χ1v) is 4.96. The van der Waals surface area contributed by atoms with Crippen LogP contribution in [-0.2, 0) is 0 Å². The summed E-state index contributed by atoms with van der Waals surface area (Å²) in [5, 5.41) is 0. The Morgan fingerprint density at radius 2 is 2.00 bits per heavy atom. The molecule has 0 atom stereocenters. The van der Waals surface area contributed by atoms with Crippen molar-refractivity contribution in [1.82, 2.24) is 0 Å². The third kappa shape index (κ3) is 1.85. The summed E-state index contributed by atoms with van der Waals surface area (Å²) in [5.41, 5.74) is 1.69. The minimum atomic E-state index is 0.954. The molecular formula is C11H20. The molecule has 0 saturated heterocycles. The van der Waals surface area contributed by atoms with E-state index in [2.05, 4.69) is 26.8 Å². The fourth-order valence-corrected chi connectivity index (χ4v) is 2.10. The van der Waals surface area contributed by atoms with E-state index in [-0.39, 0.29) is 0 Å². The number of hydrogen-bond donors (Lipinski definition) is 0. The largest absolute Gasteiger partial charge is 0.0882 e. The topological polar surface area (TPSA) is 0 Å². The SMILES string of the molecule is CC=C(CC)C1CC(CC)C1. The molecule has 1 saturated carbocycles. The Hall–Kier alpha value is -0.260. The van der Waals surface area contributed by atoms with E-state index in [0.29, 0.717) is 0 Å². The molecule has 0 N–H and O–H groups in total. The van der Waals surface area contributed by atoms with Crippen molar-refractivity contribution in [1.29, 1.82) is 0 Å². The average molecular weight is 152 g/mol. The van der Waals surface area contributed by atoms with E-state index in [1.165, 1.54) is 25.7 Å². The summed E-state index contributed by atoms with van der Waals surface area (Å²) in [7, 11) is 0. The van der Waals surface area contributed by atoms with Crippen LogP contribution in [0.3, 0.4) is 0 Å². The summed E-state index contributed by atoms with van der Waals surface area (Å²) in [4.78, 5) is 0. The zero-order valence-electron chi connectivity index (χ0n) is 8.06. The highest BCUT2D eigenvalue weighted by molar-refractivity contribution is 5.09. The van der Waals surface area contributed by atoms with Crippen LogP contribution in [-0.4, -0.2) is 0 Å². The fraction of sp³-hybridized carbons (Fsp3) is 0.818. The van der Waals surface area contributed by atoms with Crippen molar-refractivity contribution in [2.45, 2.75) is 46.5 Å². The van der Waals surface area contributed by atoms with Crippen LogP contribution >= 0.6 is 0 Å². The normalized spacial score (nSPS) is 31.7. The Balaban J connectivity index is 2.30. The van der Waals surface area contributed by atoms with Crippen molar-refractivity contribution in [3.8, 4) is 0 Å². The van der Waals surface area contributed by atoms with E-state index < -0.39 is 0 Å². The molecule has 1 aliphatic rings. The van der Waals surface area contributed by atoms with Crippen LogP contribution in [0.5, 0.6) is 0 Å². The molecule has 0 bridgehead atoms. The smallest absolute Gasteiger partial charge is 0.0198 e. The Morgan fingerprint density at radius 3 is 2.36 bits per heavy atom. The first kappa shape index (κ1) is 8.83. The highest BCUT2D eigenvalue weighted by atomic mass is 14.3. The lowest BCUT2D eigenvalue weighted by atomic mass is 9.69. The molecule has 0 heterocycles. The van der Waals surface area contributed by atoms with Crippen LogP contribution in [0.1, 0.15) is 46.5 Å². The van der Waals surface area contributed by atoms with Crippen LogP contribution in [0.25, 0.3) is 0 Å². The molecule has 0 aromatic heterocycles. The number of rotatable bonds is 3. The molecule has 0 aromatic rings. The summed E-state index contributed by atoms with van der Waals surface area (Å²) >= 11 is 0. The van der Waals surface area contributed by atoms with Gasteiger partial charge in [0.25, 0.3) is 0 Å². The van der Waals surface area contributed by atoms with Gasteiger partial charge in [-0.15, -0.1) is 0 Å². The highest BCUT2D eigenvalue weighted by Gasteiger charge is 2.28. The van der Waals surface area contributed by atoms with E-state index in [1.54, 1.807) is 5.57 Å². The first-order valence-electron chi connectivity index (χ1n) is 4.96. The molecule has 0 aromatic carbocycles. The van der Waals surface area contributed by atoms with Crippen molar-refractivity contribution in [2.75, 3.05) is 0 Å². The Morgan fingerprint density at radius 1 is 1.36 bits per heavy atom. The maximum absolute atomic E-state index is 2.32. The first-order chi connectivity index (χ1) is 5.31. The van der Waals surface area contributed by atoms with Gasteiger partial charge in [0.15, 0.2) is 0 Å². The van der Waals surface area contributed by atoms with E-state index in [0.717, 1.165) is 11.8 Å². The van der Waals surface area contributed by atoms with Gasteiger partial charge in [-0.05, 0) is 38.0 Å². The zero-order valence-corrected chi connectivity index (χ0v) is 8.06. The maximum Gasteiger partial charge on any atom is -0.0198 e. The quantitative estimate of drug-likeness (QED) is 0.540.